The first-order chi connectivity index (χ1) is 12.6. The third-order valence-corrected chi connectivity index (χ3v) is 4.90. The molecule has 1 fully saturated rings. The molecule has 1 amide bonds. The molecule has 0 bridgehead atoms. The number of hydrogen-bond acceptors (Lipinski definition) is 3. The molecule has 2 N–H and O–H groups in total. The second kappa shape index (κ2) is 10.7. The Morgan fingerprint density at radius 1 is 1.27 bits per heavy atom. The molecule has 0 aliphatic carbocycles. The average molecular weight is 360 g/mol. The summed E-state index contributed by atoms with van der Waals surface area (Å²) in [7, 11) is 3.81. The van der Waals surface area contributed by atoms with Gasteiger partial charge in [0.25, 0.3) is 0 Å². The highest BCUT2D eigenvalue weighted by Gasteiger charge is 2.23. The molecule has 1 aromatic carbocycles. The van der Waals surface area contributed by atoms with Crippen molar-refractivity contribution in [2.75, 3.05) is 51.7 Å². The molecule has 26 heavy (non-hydrogen) atoms. The van der Waals surface area contributed by atoms with E-state index in [1.54, 1.807) is 7.05 Å². The van der Waals surface area contributed by atoms with E-state index in [2.05, 4.69) is 58.7 Å². The van der Waals surface area contributed by atoms with E-state index >= 15 is 0 Å². The van der Waals surface area contributed by atoms with Gasteiger partial charge in [-0.1, -0.05) is 18.2 Å². The van der Waals surface area contributed by atoms with Crippen LogP contribution in [0.3, 0.4) is 0 Å². The highest BCUT2D eigenvalue weighted by molar-refractivity contribution is 5.80. The van der Waals surface area contributed by atoms with Crippen LogP contribution in [0.5, 0.6) is 0 Å². The maximum absolute atomic E-state index is 11.6. The largest absolute Gasteiger partial charge is 0.373 e. The Bertz CT molecular complexity index is 567. The van der Waals surface area contributed by atoms with Crippen molar-refractivity contribution >= 4 is 17.6 Å². The average Bonchev–Trinajstić information content (AvgIpc) is 2.68. The Labute approximate surface area is 157 Å². The lowest BCUT2D eigenvalue weighted by atomic mass is 9.93. The third kappa shape index (κ3) is 6.24. The van der Waals surface area contributed by atoms with Gasteiger partial charge in [-0.15, -0.1) is 0 Å². The standard InChI is InChI=1S/C20H33N5O/c1-4-22-20(23-12-15-24(3)18-8-6-5-7-9-18)25-13-10-17(11-14-25)16-19(26)21-2/h5-9,17H,4,10-16H2,1-3H3,(H,21,26)(H,22,23). The van der Waals surface area contributed by atoms with E-state index in [0.29, 0.717) is 12.3 Å². The first-order valence-corrected chi connectivity index (χ1v) is 9.64. The smallest absolute Gasteiger partial charge is 0.220 e. The SMILES string of the molecule is CCNC(=NCCN(C)c1ccccc1)N1CCC(CC(=O)NC)CC1. The maximum Gasteiger partial charge on any atom is 0.220 e. The predicted molar refractivity (Wildman–Crippen MR) is 109 cm³/mol. The van der Waals surface area contributed by atoms with Gasteiger partial charge in [0.1, 0.15) is 0 Å². The van der Waals surface area contributed by atoms with Crippen LogP contribution in [0.2, 0.25) is 0 Å². The van der Waals surface area contributed by atoms with Gasteiger partial charge < -0.3 is 20.4 Å². The van der Waals surface area contributed by atoms with Crippen LogP contribution in [-0.4, -0.2) is 63.6 Å². The first kappa shape index (κ1) is 20.1. The van der Waals surface area contributed by atoms with Gasteiger partial charge in [0, 0.05) is 52.4 Å². The molecule has 1 heterocycles. The highest BCUT2D eigenvalue weighted by atomic mass is 16.1. The molecule has 1 aromatic rings. The molecule has 0 spiro atoms. The van der Waals surface area contributed by atoms with Crippen LogP contribution in [-0.2, 0) is 4.79 Å². The first-order valence-electron chi connectivity index (χ1n) is 9.64. The van der Waals surface area contributed by atoms with Crippen molar-refractivity contribution in [3.05, 3.63) is 30.3 Å². The van der Waals surface area contributed by atoms with Crippen molar-refractivity contribution in [1.82, 2.24) is 15.5 Å². The lowest BCUT2D eigenvalue weighted by molar-refractivity contribution is -0.121. The minimum Gasteiger partial charge on any atom is -0.373 e. The van der Waals surface area contributed by atoms with E-state index in [4.69, 9.17) is 4.99 Å². The van der Waals surface area contributed by atoms with Gasteiger partial charge >= 0.3 is 0 Å². The maximum atomic E-state index is 11.6. The second-order valence-corrected chi connectivity index (χ2v) is 6.80. The van der Waals surface area contributed by atoms with Gasteiger partial charge in [0.2, 0.25) is 5.91 Å². The molecule has 2 rings (SSSR count). The van der Waals surface area contributed by atoms with Gasteiger partial charge in [0.05, 0.1) is 6.54 Å². The lowest BCUT2D eigenvalue weighted by Crippen LogP contribution is -2.46. The zero-order valence-corrected chi connectivity index (χ0v) is 16.4. The summed E-state index contributed by atoms with van der Waals surface area (Å²) in [5.41, 5.74) is 1.21. The van der Waals surface area contributed by atoms with E-state index in [0.717, 1.165) is 51.5 Å². The summed E-state index contributed by atoms with van der Waals surface area (Å²) in [5.74, 6) is 1.62. The number of carbonyl (C=O) groups is 1. The number of nitrogens with one attached hydrogen (secondary N) is 2. The number of piperidine rings is 1. The molecule has 0 unspecified atom stereocenters. The fourth-order valence-corrected chi connectivity index (χ4v) is 3.26. The molecular weight excluding hydrogens is 326 g/mol. The Hall–Kier alpha value is -2.24. The Balaban J connectivity index is 1.84. The number of likely N-dealkylation sites (N-methyl/N-ethyl adjacent to an activating group) is 1. The van der Waals surface area contributed by atoms with Gasteiger partial charge in [-0.3, -0.25) is 9.79 Å². The summed E-state index contributed by atoms with van der Waals surface area (Å²) in [6, 6.07) is 10.4. The summed E-state index contributed by atoms with van der Waals surface area (Å²) in [6.07, 6.45) is 2.73. The topological polar surface area (TPSA) is 60.0 Å². The molecule has 1 saturated heterocycles. The van der Waals surface area contributed by atoms with Gasteiger partial charge in [-0.25, -0.2) is 0 Å². The minimum atomic E-state index is 0.146. The van der Waals surface area contributed by atoms with Crippen molar-refractivity contribution < 1.29 is 4.79 Å². The van der Waals surface area contributed by atoms with E-state index in [1.165, 1.54) is 5.69 Å². The molecule has 1 aliphatic heterocycles. The van der Waals surface area contributed by atoms with Crippen molar-refractivity contribution in [3.63, 3.8) is 0 Å². The number of nitrogens with zero attached hydrogens (tertiary/aromatic N) is 3. The van der Waals surface area contributed by atoms with Crippen LogP contribution in [0.1, 0.15) is 26.2 Å². The Morgan fingerprint density at radius 3 is 2.58 bits per heavy atom. The van der Waals surface area contributed by atoms with Crippen molar-refractivity contribution in [2.24, 2.45) is 10.9 Å². The van der Waals surface area contributed by atoms with E-state index in [1.807, 2.05) is 6.07 Å². The number of para-hydroxylation sites is 1. The van der Waals surface area contributed by atoms with Crippen LogP contribution >= 0.6 is 0 Å². The van der Waals surface area contributed by atoms with Gasteiger partial charge in [0.15, 0.2) is 5.96 Å². The lowest BCUT2D eigenvalue weighted by Gasteiger charge is -2.34. The fourth-order valence-electron chi connectivity index (χ4n) is 3.26. The number of benzene rings is 1. The summed E-state index contributed by atoms with van der Waals surface area (Å²) in [4.78, 5) is 20.9. The molecule has 0 radical (unpaired) electrons. The molecular formula is C20H33N5O. The van der Waals surface area contributed by atoms with Gasteiger partial charge in [-0.2, -0.15) is 0 Å². The number of rotatable bonds is 7. The van der Waals surface area contributed by atoms with E-state index in [9.17, 15) is 4.79 Å². The van der Waals surface area contributed by atoms with Crippen molar-refractivity contribution in [3.8, 4) is 0 Å². The number of amides is 1. The summed E-state index contributed by atoms with van der Waals surface area (Å²) < 4.78 is 0. The number of carbonyl (C=O) groups excluding carboxylic acids is 1. The summed E-state index contributed by atoms with van der Waals surface area (Å²) in [5, 5.41) is 6.14. The molecule has 6 nitrogen and oxygen atoms in total. The molecule has 0 atom stereocenters. The minimum absolute atomic E-state index is 0.146. The zero-order valence-electron chi connectivity index (χ0n) is 16.4. The van der Waals surface area contributed by atoms with Crippen LogP contribution in [0.15, 0.2) is 35.3 Å². The van der Waals surface area contributed by atoms with Crippen LogP contribution in [0.25, 0.3) is 0 Å². The molecule has 0 saturated carbocycles. The quantitative estimate of drug-likeness (QED) is 0.577. The predicted octanol–water partition coefficient (Wildman–Crippen LogP) is 1.94. The number of guanidine groups is 1. The van der Waals surface area contributed by atoms with Crippen molar-refractivity contribution in [2.45, 2.75) is 26.2 Å². The molecule has 1 aliphatic rings. The fraction of sp³-hybridized carbons (Fsp3) is 0.600. The Kier molecular flexibility index (Phi) is 8.25. The van der Waals surface area contributed by atoms with Gasteiger partial charge in [-0.05, 0) is 37.8 Å². The summed E-state index contributed by atoms with van der Waals surface area (Å²) in [6.45, 7) is 6.53. The number of anilines is 1. The van der Waals surface area contributed by atoms with E-state index < -0.39 is 0 Å². The number of hydrogen-bond donors (Lipinski definition) is 2. The highest BCUT2D eigenvalue weighted by Crippen LogP contribution is 2.20. The molecule has 0 aromatic heterocycles. The Morgan fingerprint density at radius 2 is 1.96 bits per heavy atom. The number of aliphatic imine (C=N–C) groups is 1. The zero-order chi connectivity index (χ0) is 18.8. The normalized spacial score (nSPS) is 15.7. The molecule has 144 valence electrons. The molecule has 6 heteroatoms. The monoisotopic (exact) mass is 359 g/mol. The van der Waals surface area contributed by atoms with E-state index in [-0.39, 0.29) is 5.91 Å². The third-order valence-electron chi connectivity index (χ3n) is 4.90. The second-order valence-electron chi connectivity index (χ2n) is 6.80. The van der Waals surface area contributed by atoms with Crippen LogP contribution in [0.4, 0.5) is 5.69 Å². The van der Waals surface area contributed by atoms with Crippen LogP contribution in [0, 0.1) is 5.92 Å². The van der Waals surface area contributed by atoms with Crippen LogP contribution < -0.4 is 15.5 Å². The summed E-state index contributed by atoms with van der Waals surface area (Å²) >= 11 is 0. The van der Waals surface area contributed by atoms with Crippen molar-refractivity contribution in [1.29, 1.82) is 0 Å². The number of likely N-dealkylation sites (tertiary alicyclic amines) is 1.